The molecule has 0 amide bonds. The molecule has 1 aromatic heterocycles. The van der Waals surface area contributed by atoms with Crippen molar-refractivity contribution in [3.63, 3.8) is 0 Å². The lowest BCUT2D eigenvalue weighted by molar-refractivity contribution is 0.0678. The van der Waals surface area contributed by atoms with E-state index in [-0.39, 0.29) is 4.90 Å². The van der Waals surface area contributed by atoms with Crippen LogP contribution in [0, 0.1) is 5.92 Å². The Kier molecular flexibility index (Phi) is 3.73. The van der Waals surface area contributed by atoms with Gasteiger partial charge in [0.05, 0.1) is 16.6 Å². The van der Waals surface area contributed by atoms with E-state index < -0.39 is 10.0 Å². The van der Waals surface area contributed by atoms with Gasteiger partial charge < -0.3 is 4.74 Å². The van der Waals surface area contributed by atoms with E-state index in [0.717, 1.165) is 23.7 Å². The second-order valence-electron chi connectivity index (χ2n) is 5.03. The van der Waals surface area contributed by atoms with Gasteiger partial charge in [0.2, 0.25) is 10.0 Å². The summed E-state index contributed by atoms with van der Waals surface area (Å²) in [5.74, 6) is 0.358. The van der Waals surface area contributed by atoms with E-state index in [0.29, 0.717) is 25.7 Å². The number of hydrogen-bond donors (Lipinski definition) is 2. The zero-order chi connectivity index (χ0) is 14.0. The van der Waals surface area contributed by atoms with Crippen molar-refractivity contribution >= 4 is 20.9 Å². The quantitative estimate of drug-likeness (QED) is 0.889. The van der Waals surface area contributed by atoms with Gasteiger partial charge in [0.15, 0.2) is 0 Å². The minimum atomic E-state index is -3.46. The lowest BCUT2D eigenvalue weighted by atomic mass is 10.0. The predicted molar refractivity (Wildman–Crippen MR) is 74.8 cm³/mol. The number of hydrogen-bond acceptors (Lipinski definition) is 4. The summed E-state index contributed by atoms with van der Waals surface area (Å²) in [6.07, 6.45) is 3.43. The van der Waals surface area contributed by atoms with Gasteiger partial charge in [0, 0.05) is 25.1 Å². The Hall–Kier alpha value is -1.44. The molecule has 0 aliphatic carbocycles. The van der Waals surface area contributed by atoms with Crippen molar-refractivity contribution in [2.24, 2.45) is 5.92 Å². The van der Waals surface area contributed by atoms with Gasteiger partial charge in [-0.1, -0.05) is 0 Å². The minimum absolute atomic E-state index is 0.276. The molecule has 7 heteroatoms. The summed E-state index contributed by atoms with van der Waals surface area (Å²) < 4.78 is 32.5. The van der Waals surface area contributed by atoms with Crippen LogP contribution in [0.1, 0.15) is 12.8 Å². The second-order valence-corrected chi connectivity index (χ2v) is 6.79. The number of aromatic amines is 1. The number of fused-ring (bicyclic) bond motifs is 1. The first-order valence-electron chi connectivity index (χ1n) is 6.66. The maximum Gasteiger partial charge on any atom is 0.240 e. The van der Waals surface area contributed by atoms with Gasteiger partial charge in [-0.25, -0.2) is 13.1 Å². The maximum atomic E-state index is 12.3. The van der Waals surface area contributed by atoms with Crippen LogP contribution < -0.4 is 4.72 Å². The maximum absolute atomic E-state index is 12.3. The molecule has 108 valence electrons. The highest BCUT2D eigenvalue weighted by molar-refractivity contribution is 7.89. The average Bonchev–Trinajstić information content (AvgIpc) is 2.94. The van der Waals surface area contributed by atoms with E-state index >= 15 is 0 Å². The molecule has 0 radical (unpaired) electrons. The van der Waals surface area contributed by atoms with Crippen LogP contribution in [0.15, 0.2) is 29.3 Å². The number of H-pyrrole nitrogens is 1. The zero-order valence-corrected chi connectivity index (χ0v) is 11.8. The van der Waals surface area contributed by atoms with E-state index in [2.05, 4.69) is 14.9 Å². The molecule has 0 spiro atoms. The first-order chi connectivity index (χ1) is 9.65. The van der Waals surface area contributed by atoms with Crippen molar-refractivity contribution in [1.82, 2.24) is 14.9 Å². The molecule has 1 aliphatic heterocycles. The van der Waals surface area contributed by atoms with Crippen LogP contribution in [0.4, 0.5) is 0 Å². The number of rotatable bonds is 4. The fraction of sp³-hybridized carbons (Fsp3) is 0.462. The molecule has 1 fully saturated rings. The van der Waals surface area contributed by atoms with Crippen molar-refractivity contribution in [3.05, 3.63) is 24.4 Å². The summed E-state index contributed by atoms with van der Waals surface area (Å²) in [6, 6.07) is 4.95. The molecule has 2 heterocycles. The van der Waals surface area contributed by atoms with E-state index in [1.54, 1.807) is 24.4 Å². The molecule has 2 aromatic rings. The van der Waals surface area contributed by atoms with Crippen LogP contribution in [0.5, 0.6) is 0 Å². The largest absolute Gasteiger partial charge is 0.381 e. The van der Waals surface area contributed by atoms with E-state index in [1.165, 1.54) is 0 Å². The summed E-state index contributed by atoms with van der Waals surface area (Å²) in [4.78, 5) is 0.276. The fourth-order valence-corrected chi connectivity index (χ4v) is 3.50. The third-order valence-corrected chi connectivity index (χ3v) is 5.05. The lowest BCUT2D eigenvalue weighted by Crippen LogP contribution is -2.32. The van der Waals surface area contributed by atoms with Crippen molar-refractivity contribution < 1.29 is 13.2 Å². The highest BCUT2D eigenvalue weighted by Crippen LogP contribution is 2.18. The molecule has 0 unspecified atom stereocenters. The van der Waals surface area contributed by atoms with Crippen molar-refractivity contribution in [3.8, 4) is 0 Å². The van der Waals surface area contributed by atoms with Crippen LogP contribution in [-0.2, 0) is 14.8 Å². The van der Waals surface area contributed by atoms with Gasteiger partial charge in [0.25, 0.3) is 0 Å². The Morgan fingerprint density at radius 1 is 1.35 bits per heavy atom. The molecule has 0 atom stereocenters. The molecular formula is C13H17N3O3S. The topological polar surface area (TPSA) is 84.1 Å². The molecular weight excluding hydrogens is 278 g/mol. The normalized spacial score (nSPS) is 17.6. The number of nitrogens with one attached hydrogen (secondary N) is 2. The smallest absolute Gasteiger partial charge is 0.240 e. The van der Waals surface area contributed by atoms with Crippen molar-refractivity contribution in [2.75, 3.05) is 19.8 Å². The van der Waals surface area contributed by atoms with Crippen molar-refractivity contribution in [1.29, 1.82) is 0 Å². The van der Waals surface area contributed by atoms with Crippen molar-refractivity contribution in [2.45, 2.75) is 17.7 Å². The molecule has 2 N–H and O–H groups in total. The SMILES string of the molecule is O=S(=O)(NCC1CCOCC1)c1ccc2[nH]ncc2c1. The Labute approximate surface area is 117 Å². The minimum Gasteiger partial charge on any atom is -0.381 e. The Morgan fingerprint density at radius 3 is 2.95 bits per heavy atom. The Morgan fingerprint density at radius 2 is 2.15 bits per heavy atom. The zero-order valence-electron chi connectivity index (χ0n) is 11.0. The first-order valence-corrected chi connectivity index (χ1v) is 8.14. The molecule has 1 aromatic carbocycles. The first kappa shape index (κ1) is 13.5. The highest BCUT2D eigenvalue weighted by atomic mass is 32.2. The molecule has 20 heavy (non-hydrogen) atoms. The van der Waals surface area contributed by atoms with Crippen LogP contribution >= 0.6 is 0 Å². The Balaban J connectivity index is 1.73. The molecule has 0 bridgehead atoms. The van der Waals surface area contributed by atoms with E-state index in [1.807, 2.05) is 0 Å². The summed E-state index contributed by atoms with van der Waals surface area (Å²) in [7, 11) is -3.46. The standard InChI is InChI=1S/C13H17N3O3S/c17-20(18,15-8-10-3-5-19-6-4-10)12-1-2-13-11(7-12)9-14-16-13/h1-2,7,9-10,15H,3-6,8H2,(H,14,16). The number of aromatic nitrogens is 2. The molecule has 1 aliphatic rings. The summed E-state index contributed by atoms with van der Waals surface area (Å²) >= 11 is 0. The number of benzene rings is 1. The van der Waals surface area contributed by atoms with E-state index in [4.69, 9.17) is 4.74 Å². The predicted octanol–water partition coefficient (Wildman–Crippen LogP) is 1.27. The van der Waals surface area contributed by atoms with Crippen LogP contribution in [-0.4, -0.2) is 38.4 Å². The van der Waals surface area contributed by atoms with Crippen LogP contribution in [0.25, 0.3) is 10.9 Å². The summed E-state index contributed by atoms with van der Waals surface area (Å²) in [5.41, 5.74) is 0.827. The third kappa shape index (κ3) is 2.84. The van der Waals surface area contributed by atoms with Gasteiger partial charge in [-0.3, -0.25) is 5.10 Å². The van der Waals surface area contributed by atoms with Crippen LogP contribution in [0.2, 0.25) is 0 Å². The van der Waals surface area contributed by atoms with Gasteiger partial charge in [-0.2, -0.15) is 5.10 Å². The monoisotopic (exact) mass is 295 g/mol. The van der Waals surface area contributed by atoms with Gasteiger partial charge in [-0.05, 0) is 37.0 Å². The Bertz CT molecular complexity index is 690. The van der Waals surface area contributed by atoms with E-state index in [9.17, 15) is 8.42 Å². The number of ether oxygens (including phenoxy) is 1. The summed E-state index contributed by atoms with van der Waals surface area (Å²) in [5, 5.41) is 7.48. The third-order valence-electron chi connectivity index (χ3n) is 3.62. The van der Waals surface area contributed by atoms with Gasteiger partial charge in [-0.15, -0.1) is 0 Å². The average molecular weight is 295 g/mol. The van der Waals surface area contributed by atoms with Gasteiger partial charge in [0.1, 0.15) is 0 Å². The van der Waals surface area contributed by atoms with Gasteiger partial charge >= 0.3 is 0 Å². The second kappa shape index (κ2) is 5.51. The molecule has 1 saturated heterocycles. The molecule has 3 rings (SSSR count). The summed E-state index contributed by atoms with van der Waals surface area (Å²) in [6.45, 7) is 1.90. The molecule has 6 nitrogen and oxygen atoms in total. The lowest BCUT2D eigenvalue weighted by Gasteiger charge is -2.22. The fourth-order valence-electron chi connectivity index (χ4n) is 2.35. The highest BCUT2D eigenvalue weighted by Gasteiger charge is 2.19. The number of sulfonamides is 1. The molecule has 0 saturated carbocycles. The van der Waals surface area contributed by atoms with Crippen LogP contribution in [0.3, 0.4) is 0 Å². The number of nitrogens with zero attached hydrogens (tertiary/aromatic N) is 1.